The minimum Gasteiger partial charge on any atom is -0.487 e. The molecule has 0 aliphatic carbocycles. The summed E-state index contributed by atoms with van der Waals surface area (Å²) in [5.74, 6) is 0.313. The molecule has 0 N–H and O–H groups in total. The first kappa shape index (κ1) is 11.3. The van der Waals surface area contributed by atoms with Crippen molar-refractivity contribution in [1.82, 2.24) is 0 Å². The molecule has 1 unspecified atom stereocenters. The van der Waals surface area contributed by atoms with Gasteiger partial charge in [0.05, 0.1) is 18.8 Å². The van der Waals surface area contributed by atoms with Crippen molar-refractivity contribution in [3.8, 4) is 5.75 Å². The number of alkyl halides is 2. The Morgan fingerprint density at radius 2 is 2.25 bits per heavy atom. The van der Waals surface area contributed by atoms with Crippen molar-refractivity contribution in [2.75, 3.05) is 13.2 Å². The summed E-state index contributed by atoms with van der Waals surface area (Å²) in [5.41, 5.74) is 0.705. The second kappa shape index (κ2) is 4.78. The van der Waals surface area contributed by atoms with Gasteiger partial charge < -0.3 is 9.47 Å². The van der Waals surface area contributed by atoms with Gasteiger partial charge in [0.1, 0.15) is 11.9 Å². The molecule has 1 aromatic rings. The van der Waals surface area contributed by atoms with Gasteiger partial charge in [0, 0.05) is 6.42 Å². The maximum atomic E-state index is 12.8. The molecule has 0 bridgehead atoms. The molecule has 2 rings (SSSR count). The summed E-state index contributed by atoms with van der Waals surface area (Å²) in [5, 5.41) is 0. The fourth-order valence-electron chi connectivity index (χ4n) is 1.78. The standard InChI is InChI=1S/C12H14F2O2/c1-8-3-2-4-10(12(13)14)11(8)16-9-5-6-15-7-9/h2-4,9,12H,5-7H2,1H3. The van der Waals surface area contributed by atoms with Crippen LogP contribution in [0.4, 0.5) is 8.78 Å². The topological polar surface area (TPSA) is 18.5 Å². The number of hydrogen-bond donors (Lipinski definition) is 0. The van der Waals surface area contributed by atoms with E-state index in [9.17, 15) is 8.78 Å². The van der Waals surface area contributed by atoms with Gasteiger partial charge in [-0.2, -0.15) is 0 Å². The van der Waals surface area contributed by atoms with Crippen LogP contribution < -0.4 is 4.74 Å². The van der Waals surface area contributed by atoms with Crippen LogP contribution in [-0.2, 0) is 4.74 Å². The lowest BCUT2D eigenvalue weighted by Crippen LogP contribution is -2.17. The van der Waals surface area contributed by atoms with E-state index in [2.05, 4.69) is 0 Å². The second-order valence-corrected chi connectivity index (χ2v) is 3.90. The smallest absolute Gasteiger partial charge is 0.267 e. The normalized spacial score (nSPS) is 20.4. The summed E-state index contributed by atoms with van der Waals surface area (Å²) >= 11 is 0. The third-order valence-electron chi connectivity index (χ3n) is 2.65. The number of hydrogen-bond acceptors (Lipinski definition) is 2. The van der Waals surface area contributed by atoms with Gasteiger partial charge in [-0.25, -0.2) is 8.78 Å². The van der Waals surface area contributed by atoms with Gasteiger partial charge in [-0.05, 0) is 18.6 Å². The predicted molar refractivity (Wildman–Crippen MR) is 56.0 cm³/mol. The molecule has 1 aliphatic rings. The lowest BCUT2D eigenvalue weighted by atomic mass is 10.1. The molecule has 0 saturated carbocycles. The van der Waals surface area contributed by atoms with E-state index in [0.717, 1.165) is 12.0 Å². The molecule has 1 fully saturated rings. The Morgan fingerprint density at radius 1 is 1.44 bits per heavy atom. The Morgan fingerprint density at radius 3 is 2.88 bits per heavy atom. The lowest BCUT2D eigenvalue weighted by molar-refractivity contribution is 0.123. The minimum atomic E-state index is -2.50. The van der Waals surface area contributed by atoms with E-state index < -0.39 is 6.43 Å². The van der Waals surface area contributed by atoms with Crippen LogP contribution >= 0.6 is 0 Å². The van der Waals surface area contributed by atoms with Crippen LogP contribution in [0.2, 0.25) is 0 Å². The maximum absolute atomic E-state index is 12.8. The molecule has 0 spiro atoms. The zero-order valence-corrected chi connectivity index (χ0v) is 9.08. The number of halogens is 2. The van der Waals surface area contributed by atoms with Gasteiger partial charge in [0.2, 0.25) is 0 Å². The highest BCUT2D eigenvalue weighted by atomic mass is 19.3. The van der Waals surface area contributed by atoms with Crippen LogP contribution in [0.25, 0.3) is 0 Å². The van der Waals surface area contributed by atoms with E-state index in [4.69, 9.17) is 9.47 Å². The Bertz CT molecular complexity index is 360. The van der Waals surface area contributed by atoms with Gasteiger partial charge in [0.15, 0.2) is 0 Å². The van der Waals surface area contributed by atoms with Gasteiger partial charge in [0.25, 0.3) is 6.43 Å². The number of benzene rings is 1. The molecule has 1 aliphatic heterocycles. The Balaban J connectivity index is 2.23. The molecule has 4 heteroatoms. The summed E-state index contributed by atoms with van der Waals surface area (Å²) in [6.45, 7) is 2.90. The van der Waals surface area contributed by atoms with E-state index in [0.29, 0.717) is 19.0 Å². The van der Waals surface area contributed by atoms with Crippen LogP contribution in [0.15, 0.2) is 18.2 Å². The summed E-state index contributed by atoms with van der Waals surface area (Å²) in [6, 6.07) is 4.80. The minimum absolute atomic E-state index is 0.0353. The first-order valence-electron chi connectivity index (χ1n) is 5.30. The van der Waals surface area contributed by atoms with E-state index in [1.165, 1.54) is 6.07 Å². The van der Waals surface area contributed by atoms with Crippen LogP contribution in [0.5, 0.6) is 5.75 Å². The number of para-hydroxylation sites is 1. The van der Waals surface area contributed by atoms with Gasteiger partial charge in [-0.15, -0.1) is 0 Å². The quantitative estimate of drug-likeness (QED) is 0.791. The monoisotopic (exact) mass is 228 g/mol. The summed E-state index contributed by atoms with van der Waals surface area (Å²) < 4.78 is 36.3. The molecule has 0 radical (unpaired) electrons. The largest absolute Gasteiger partial charge is 0.487 e. The molecule has 1 saturated heterocycles. The molecule has 1 atom stereocenters. The van der Waals surface area contributed by atoms with Crippen LogP contribution in [-0.4, -0.2) is 19.3 Å². The molecular formula is C12H14F2O2. The number of rotatable bonds is 3. The second-order valence-electron chi connectivity index (χ2n) is 3.90. The molecule has 2 nitrogen and oxygen atoms in total. The zero-order valence-electron chi connectivity index (χ0n) is 9.08. The zero-order chi connectivity index (χ0) is 11.5. The Kier molecular flexibility index (Phi) is 3.39. The highest BCUT2D eigenvalue weighted by Crippen LogP contribution is 2.33. The highest BCUT2D eigenvalue weighted by molar-refractivity contribution is 5.41. The van der Waals surface area contributed by atoms with Crippen molar-refractivity contribution in [1.29, 1.82) is 0 Å². The lowest BCUT2D eigenvalue weighted by Gasteiger charge is -2.17. The van der Waals surface area contributed by atoms with Crippen molar-refractivity contribution in [2.24, 2.45) is 0 Å². The first-order chi connectivity index (χ1) is 7.68. The van der Waals surface area contributed by atoms with Crippen molar-refractivity contribution >= 4 is 0 Å². The summed E-state index contributed by atoms with van der Waals surface area (Å²) in [6.07, 6.45) is -1.84. The number of aryl methyl sites for hydroxylation is 1. The van der Waals surface area contributed by atoms with Crippen molar-refractivity contribution in [2.45, 2.75) is 25.9 Å². The molecule has 1 heterocycles. The van der Waals surface area contributed by atoms with Gasteiger partial charge >= 0.3 is 0 Å². The van der Waals surface area contributed by atoms with Crippen LogP contribution in [0.3, 0.4) is 0 Å². The maximum Gasteiger partial charge on any atom is 0.267 e. The summed E-state index contributed by atoms with van der Waals surface area (Å²) in [7, 11) is 0. The SMILES string of the molecule is Cc1cccc(C(F)F)c1OC1CCOC1. The Labute approximate surface area is 93.2 Å². The average Bonchev–Trinajstić information content (AvgIpc) is 2.73. The third-order valence-corrected chi connectivity index (χ3v) is 2.65. The molecule has 16 heavy (non-hydrogen) atoms. The predicted octanol–water partition coefficient (Wildman–Crippen LogP) is 3.10. The van der Waals surface area contributed by atoms with E-state index in [-0.39, 0.29) is 11.7 Å². The molecule has 0 amide bonds. The molecule has 88 valence electrons. The van der Waals surface area contributed by atoms with Gasteiger partial charge in [-0.1, -0.05) is 12.1 Å². The van der Waals surface area contributed by atoms with Crippen LogP contribution in [0.1, 0.15) is 24.0 Å². The third kappa shape index (κ3) is 2.32. The highest BCUT2D eigenvalue weighted by Gasteiger charge is 2.22. The van der Waals surface area contributed by atoms with Crippen molar-refractivity contribution < 1.29 is 18.3 Å². The van der Waals surface area contributed by atoms with Crippen molar-refractivity contribution in [3.05, 3.63) is 29.3 Å². The average molecular weight is 228 g/mol. The van der Waals surface area contributed by atoms with Crippen LogP contribution in [0, 0.1) is 6.92 Å². The fourth-order valence-corrected chi connectivity index (χ4v) is 1.78. The number of ether oxygens (including phenoxy) is 2. The van der Waals surface area contributed by atoms with E-state index in [1.54, 1.807) is 19.1 Å². The van der Waals surface area contributed by atoms with Crippen molar-refractivity contribution in [3.63, 3.8) is 0 Å². The van der Waals surface area contributed by atoms with E-state index >= 15 is 0 Å². The van der Waals surface area contributed by atoms with E-state index in [1.807, 2.05) is 0 Å². The molecule has 0 aromatic heterocycles. The fraction of sp³-hybridized carbons (Fsp3) is 0.500. The Hall–Kier alpha value is -1.16. The molecular weight excluding hydrogens is 214 g/mol. The van der Waals surface area contributed by atoms with Gasteiger partial charge in [-0.3, -0.25) is 0 Å². The summed E-state index contributed by atoms with van der Waals surface area (Å²) in [4.78, 5) is 0. The molecule has 1 aromatic carbocycles. The first-order valence-corrected chi connectivity index (χ1v) is 5.30.